The largest absolute Gasteiger partial charge is 0.478 e. The molecule has 0 aliphatic carbocycles. The molecule has 0 atom stereocenters. The van der Waals surface area contributed by atoms with Gasteiger partial charge < -0.3 is 5.11 Å². The van der Waals surface area contributed by atoms with Crippen molar-refractivity contribution in [2.75, 3.05) is 0 Å². The zero-order chi connectivity index (χ0) is 13.4. The highest BCUT2D eigenvalue weighted by atomic mass is 16.4. The Labute approximate surface area is 110 Å². The Morgan fingerprint density at radius 1 is 1.26 bits per heavy atom. The number of hydrogen-bond acceptors (Lipinski definition) is 3. The lowest BCUT2D eigenvalue weighted by Gasteiger charge is -2.02. The van der Waals surface area contributed by atoms with Crippen molar-refractivity contribution in [1.82, 2.24) is 4.98 Å². The quantitative estimate of drug-likeness (QED) is 0.893. The number of rotatable bonds is 2. The predicted molar refractivity (Wildman–Crippen MR) is 72.3 cm³/mol. The number of pyridine rings is 1. The number of hydrogen-bond donors (Lipinski definition) is 1. The van der Waals surface area contributed by atoms with E-state index in [0.29, 0.717) is 12.1 Å². The maximum absolute atomic E-state index is 11.2. The zero-order valence-electron chi connectivity index (χ0n) is 10.4. The molecule has 0 unspecified atom stereocenters. The van der Waals surface area contributed by atoms with Crippen LogP contribution < -0.4 is 0 Å². The molecule has 94 valence electrons. The number of aliphatic imine (C=N–C) groups is 1. The monoisotopic (exact) mass is 252 g/mol. The van der Waals surface area contributed by atoms with Crippen molar-refractivity contribution in [3.8, 4) is 0 Å². The Balaban J connectivity index is 2.11. The first-order valence-electron chi connectivity index (χ1n) is 6.01. The van der Waals surface area contributed by atoms with E-state index in [9.17, 15) is 9.90 Å². The summed E-state index contributed by atoms with van der Waals surface area (Å²) in [4.78, 5) is 19.9. The first-order valence-corrected chi connectivity index (χ1v) is 6.01. The van der Waals surface area contributed by atoms with Gasteiger partial charge in [-0.2, -0.15) is 0 Å². The highest BCUT2D eigenvalue weighted by Gasteiger charge is 2.22. The van der Waals surface area contributed by atoms with Crippen molar-refractivity contribution in [1.29, 1.82) is 0 Å². The zero-order valence-corrected chi connectivity index (χ0v) is 10.4. The van der Waals surface area contributed by atoms with Crippen molar-refractivity contribution < 1.29 is 9.90 Å². The molecule has 4 nitrogen and oxygen atoms in total. The van der Waals surface area contributed by atoms with Gasteiger partial charge >= 0.3 is 5.97 Å². The van der Waals surface area contributed by atoms with Crippen LogP contribution in [0, 0.1) is 6.92 Å². The first-order chi connectivity index (χ1) is 9.16. The lowest BCUT2D eigenvalue weighted by Crippen LogP contribution is -2.03. The molecule has 3 rings (SSSR count). The molecule has 1 aliphatic heterocycles. The van der Waals surface area contributed by atoms with Crippen LogP contribution in [0.1, 0.15) is 27.2 Å². The number of carboxylic acid groups (broad SMARTS) is 1. The summed E-state index contributed by atoms with van der Waals surface area (Å²) < 4.78 is 0. The summed E-state index contributed by atoms with van der Waals surface area (Å²) in [7, 11) is 0. The molecule has 0 saturated heterocycles. The lowest BCUT2D eigenvalue weighted by molar-refractivity contribution is 0.0698. The summed E-state index contributed by atoms with van der Waals surface area (Å²) in [5.74, 6) is -0.940. The average Bonchev–Trinajstić information content (AvgIpc) is 2.82. The molecule has 4 heteroatoms. The highest BCUT2D eigenvalue weighted by molar-refractivity contribution is 6.09. The Hall–Kier alpha value is -2.49. The van der Waals surface area contributed by atoms with Crippen LogP contribution in [0.5, 0.6) is 0 Å². The van der Waals surface area contributed by atoms with Crippen molar-refractivity contribution in [2.45, 2.75) is 13.3 Å². The number of aromatic carboxylic acids is 1. The number of aryl methyl sites for hydroxylation is 1. The van der Waals surface area contributed by atoms with E-state index in [1.807, 2.05) is 25.1 Å². The summed E-state index contributed by atoms with van der Waals surface area (Å²) in [6, 6.07) is 9.10. The van der Waals surface area contributed by atoms with Crippen molar-refractivity contribution >= 4 is 17.4 Å². The Bertz CT molecular complexity index is 705. The van der Waals surface area contributed by atoms with Gasteiger partial charge in [0.05, 0.1) is 17.0 Å². The van der Waals surface area contributed by atoms with Crippen LogP contribution in [0.15, 0.2) is 41.5 Å². The van der Waals surface area contributed by atoms with Gasteiger partial charge in [0.1, 0.15) is 0 Å². The number of carboxylic acids is 1. The van der Waals surface area contributed by atoms with Crippen LogP contribution in [0.3, 0.4) is 0 Å². The molecule has 19 heavy (non-hydrogen) atoms. The van der Waals surface area contributed by atoms with Gasteiger partial charge in [-0.3, -0.25) is 9.98 Å². The minimum Gasteiger partial charge on any atom is -0.478 e. The summed E-state index contributed by atoms with van der Waals surface area (Å²) in [5, 5.41) is 9.18. The average molecular weight is 252 g/mol. The second-order valence-electron chi connectivity index (χ2n) is 4.49. The smallest absolute Gasteiger partial charge is 0.337 e. The molecule has 1 N–H and O–H groups in total. The standard InChI is InChI=1S/C15H12N2O2/c1-9-11(6-3-7-16-9)13-8-10-4-2-5-12(15(18)19)14(10)17-13/h2-7H,8H2,1H3,(H,18,19). The van der Waals surface area contributed by atoms with Gasteiger partial charge in [0, 0.05) is 23.9 Å². The van der Waals surface area contributed by atoms with Gasteiger partial charge in [0.2, 0.25) is 0 Å². The van der Waals surface area contributed by atoms with E-state index in [0.717, 1.165) is 22.5 Å². The van der Waals surface area contributed by atoms with Gasteiger partial charge in [0.25, 0.3) is 0 Å². The summed E-state index contributed by atoms with van der Waals surface area (Å²) in [6.07, 6.45) is 2.40. The third-order valence-corrected chi connectivity index (χ3v) is 3.27. The predicted octanol–water partition coefficient (Wildman–Crippen LogP) is 2.77. The minimum atomic E-state index is -0.940. The summed E-state index contributed by atoms with van der Waals surface area (Å²) in [6.45, 7) is 1.93. The molecule has 1 aromatic heterocycles. The molecule has 0 fully saturated rings. The molecule has 1 aromatic carbocycles. The van der Waals surface area contributed by atoms with Crippen LogP contribution in [0.4, 0.5) is 5.69 Å². The van der Waals surface area contributed by atoms with Gasteiger partial charge in [-0.1, -0.05) is 12.1 Å². The van der Waals surface area contributed by atoms with Crippen LogP contribution in [-0.4, -0.2) is 21.8 Å². The number of carbonyl (C=O) groups is 1. The van der Waals surface area contributed by atoms with E-state index in [1.165, 1.54) is 0 Å². The second-order valence-corrected chi connectivity index (χ2v) is 4.49. The SMILES string of the molecule is Cc1ncccc1C1=Nc2c(cccc2C(=O)O)C1. The van der Waals surface area contributed by atoms with Crippen LogP contribution in [0.25, 0.3) is 0 Å². The maximum atomic E-state index is 11.2. The molecule has 0 amide bonds. The number of aromatic nitrogens is 1. The van der Waals surface area contributed by atoms with Crippen molar-refractivity contribution in [3.05, 3.63) is 58.9 Å². The van der Waals surface area contributed by atoms with Gasteiger partial charge in [-0.05, 0) is 30.7 Å². The number of nitrogens with zero attached hydrogens (tertiary/aromatic N) is 2. The Kier molecular flexibility index (Phi) is 2.63. The maximum Gasteiger partial charge on any atom is 0.337 e. The number of para-hydroxylation sites is 1. The molecule has 0 spiro atoms. The van der Waals surface area contributed by atoms with E-state index in [2.05, 4.69) is 9.98 Å². The molecule has 0 saturated carbocycles. The molecule has 1 aliphatic rings. The second kappa shape index (κ2) is 4.31. The normalized spacial score (nSPS) is 13.0. The van der Waals surface area contributed by atoms with Gasteiger partial charge in [-0.15, -0.1) is 0 Å². The number of fused-ring (bicyclic) bond motifs is 1. The summed E-state index contributed by atoms with van der Waals surface area (Å²) in [5.41, 5.74) is 4.57. The van der Waals surface area contributed by atoms with Crippen LogP contribution in [-0.2, 0) is 6.42 Å². The third kappa shape index (κ3) is 1.91. The van der Waals surface area contributed by atoms with E-state index in [-0.39, 0.29) is 5.56 Å². The van der Waals surface area contributed by atoms with E-state index in [4.69, 9.17) is 0 Å². The highest BCUT2D eigenvalue weighted by Crippen LogP contribution is 2.32. The fourth-order valence-corrected chi connectivity index (χ4v) is 2.34. The first kappa shape index (κ1) is 11.6. The fraction of sp³-hybridized carbons (Fsp3) is 0.133. The van der Waals surface area contributed by atoms with Gasteiger partial charge in [0.15, 0.2) is 0 Å². The van der Waals surface area contributed by atoms with Crippen LogP contribution in [0.2, 0.25) is 0 Å². The molecular formula is C15H12N2O2. The summed E-state index contributed by atoms with van der Waals surface area (Å²) >= 11 is 0. The molecule has 2 aromatic rings. The van der Waals surface area contributed by atoms with E-state index in [1.54, 1.807) is 18.3 Å². The third-order valence-electron chi connectivity index (χ3n) is 3.27. The lowest BCUT2D eigenvalue weighted by atomic mass is 10.0. The fourth-order valence-electron chi connectivity index (χ4n) is 2.34. The van der Waals surface area contributed by atoms with E-state index < -0.39 is 5.97 Å². The Morgan fingerprint density at radius 2 is 2.11 bits per heavy atom. The molecule has 0 radical (unpaired) electrons. The Morgan fingerprint density at radius 3 is 2.84 bits per heavy atom. The van der Waals surface area contributed by atoms with E-state index >= 15 is 0 Å². The van der Waals surface area contributed by atoms with Crippen molar-refractivity contribution in [2.24, 2.45) is 4.99 Å². The van der Waals surface area contributed by atoms with Crippen molar-refractivity contribution in [3.63, 3.8) is 0 Å². The van der Waals surface area contributed by atoms with Crippen LogP contribution >= 0.6 is 0 Å². The van der Waals surface area contributed by atoms with Gasteiger partial charge in [-0.25, -0.2) is 4.79 Å². The number of benzene rings is 1. The topological polar surface area (TPSA) is 62.5 Å². The molecule has 0 bridgehead atoms. The molecular weight excluding hydrogens is 240 g/mol. The molecule has 2 heterocycles. The minimum absolute atomic E-state index is 0.258.